The summed E-state index contributed by atoms with van der Waals surface area (Å²) < 4.78 is 0. The molecule has 4 heteroatoms. The number of nitrogen functional groups attached to an aromatic ring is 1. The fraction of sp³-hybridized carbons (Fsp3) is 0.235. The standard InChI is InChI=1S/C17H17ClN2O/c18-13-4-1-11(2-5-13)9-17(21)20-16-8-3-12-10-14(19)6-7-15(12)16/h1-2,4-7,10,16H,3,8-9,19H2,(H,20,21). The third-order valence-electron chi connectivity index (χ3n) is 3.86. The van der Waals surface area contributed by atoms with Crippen LogP contribution in [0.3, 0.4) is 0 Å². The second-order valence-corrected chi connectivity index (χ2v) is 5.86. The van der Waals surface area contributed by atoms with Crippen molar-refractivity contribution in [3.63, 3.8) is 0 Å². The smallest absolute Gasteiger partial charge is 0.224 e. The quantitative estimate of drug-likeness (QED) is 0.855. The average molecular weight is 301 g/mol. The largest absolute Gasteiger partial charge is 0.399 e. The Morgan fingerprint density at radius 1 is 1.24 bits per heavy atom. The number of fused-ring (bicyclic) bond motifs is 1. The highest BCUT2D eigenvalue weighted by Crippen LogP contribution is 2.32. The summed E-state index contributed by atoms with van der Waals surface area (Å²) in [5.74, 6) is 0.0343. The van der Waals surface area contributed by atoms with Crippen LogP contribution in [0.1, 0.15) is 29.2 Å². The molecule has 3 rings (SSSR count). The van der Waals surface area contributed by atoms with Gasteiger partial charge in [0.05, 0.1) is 12.5 Å². The van der Waals surface area contributed by atoms with Crippen LogP contribution >= 0.6 is 11.6 Å². The zero-order valence-corrected chi connectivity index (χ0v) is 12.4. The Morgan fingerprint density at radius 2 is 2.00 bits per heavy atom. The Hall–Kier alpha value is -2.00. The van der Waals surface area contributed by atoms with Gasteiger partial charge in [-0.25, -0.2) is 0 Å². The molecule has 0 saturated heterocycles. The highest BCUT2D eigenvalue weighted by molar-refractivity contribution is 6.30. The third-order valence-corrected chi connectivity index (χ3v) is 4.11. The van der Waals surface area contributed by atoms with Gasteiger partial charge in [0, 0.05) is 10.7 Å². The molecule has 1 atom stereocenters. The van der Waals surface area contributed by atoms with Gasteiger partial charge in [-0.3, -0.25) is 4.79 Å². The average Bonchev–Trinajstić information content (AvgIpc) is 2.83. The molecule has 0 saturated carbocycles. The number of anilines is 1. The van der Waals surface area contributed by atoms with E-state index in [1.54, 1.807) is 12.1 Å². The summed E-state index contributed by atoms with van der Waals surface area (Å²) in [6.45, 7) is 0. The normalized spacial score (nSPS) is 16.5. The number of hydrogen-bond donors (Lipinski definition) is 2. The second-order valence-electron chi connectivity index (χ2n) is 5.42. The van der Waals surface area contributed by atoms with Crippen LogP contribution in [0.15, 0.2) is 42.5 Å². The van der Waals surface area contributed by atoms with Crippen molar-refractivity contribution in [3.8, 4) is 0 Å². The number of rotatable bonds is 3. The van der Waals surface area contributed by atoms with Gasteiger partial charge in [0.15, 0.2) is 0 Å². The number of hydrogen-bond acceptors (Lipinski definition) is 2. The molecule has 0 bridgehead atoms. The number of carbonyl (C=O) groups excluding carboxylic acids is 1. The highest BCUT2D eigenvalue weighted by atomic mass is 35.5. The molecule has 1 unspecified atom stereocenters. The van der Waals surface area contributed by atoms with Crippen molar-refractivity contribution in [1.82, 2.24) is 5.32 Å². The van der Waals surface area contributed by atoms with Crippen LogP contribution in [0.5, 0.6) is 0 Å². The van der Waals surface area contributed by atoms with Gasteiger partial charge < -0.3 is 11.1 Å². The van der Waals surface area contributed by atoms with E-state index < -0.39 is 0 Å². The maximum Gasteiger partial charge on any atom is 0.224 e. The molecule has 0 heterocycles. The predicted octanol–water partition coefficient (Wildman–Crippen LogP) is 3.27. The van der Waals surface area contributed by atoms with E-state index in [-0.39, 0.29) is 11.9 Å². The number of halogens is 1. The van der Waals surface area contributed by atoms with Crippen molar-refractivity contribution < 1.29 is 4.79 Å². The Balaban J connectivity index is 1.65. The number of nitrogens with one attached hydrogen (secondary N) is 1. The number of aryl methyl sites for hydroxylation is 1. The van der Waals surface area contributed by atoms with E-state index >= 15 is 0 Å². The highest BCUT2D eigenvalue weighted by Gasteiger charge is 2.23. The van der Waals surface area contributed by atoms with Crippen molar-refractivity contribution in [1.29, 1.82) is 0 Å². The van der Waals surface area contributed by atoms with Crippen molar-refractivity contribution in [2.24, 2.45) is 0 Å². The molecule has 1 amide bonds. The SMILES string of the molecule is Nc1ccc2c(c1)CCC2NC(=O)Cc1ccc(Cl)cc1. The van der Waals surface area contributed by atoms with Gasteiger partial charge in [0.2, 0.25) is 5.91 Å². The van der Waals surface area contributed by atoms with Crippen LogP contribution < -0.4 is 11.1 Å². The van der Waals surface area contributed by atoms with E-state index in [2.05, 4.69) is 5.32 Å². The summed E-state index contributed by atoms with van der Waals surface area (Å²) >= 11 is 5.84. The summed E-state index contributed by atoms with van der Waals surface area (Å²) in [6.07, 6.45) is 2.27. The van der Waals surface area contributed by atoms with E-state index in [1.165, 1.54) is 11.1 Å². The topological polar surface area (TPSA) is 55.1 Å². The van der Waals surface area contributed by atoms with Gasteiger partial charge in [-0.05, 0) is 53.8 Å². The maximum absolute atomic E-state index is 12.2. The van der Waals surface area contributed by atoms with Crippen LogP contribution in [0.4, 0.5) is 5.69 Å². The van der Waals surface area contributed by atoms with E-state index in [0.29, 0.717) is 11.4 Å². The van der Waals surface area contributed by atoms with Crippen LogP contribution in [0.2, 0.25) is 5.02 Å². The van der Waals surface area contributed by atoms with Gasteiger partial charge in [0.25, 0.3) is 0 Å². The first-order chi connectivity index (χ1) is 10.1. The Labute approximate surface area is 129 Å². The molecule has 1 aliphatic rings. The lowest BCUT2D eigenvalue weighted by Crippen LogP contribution is -2.28. The molecule has 0 aromatic heterocycles. The first-order valence-electron chi connectivity index (χ1n) is 7.04. The summed E-state index contributed by atoms with van der Waals surface area (Å²) in [4.78, 5) is 12.2. The lowest BCUT2D eigenvalue weighted by Gasteiger charge is -2.14. The number of carbonyl (C=O) groups is 1. The van der Waals surface area contributed by atoms with Crippen molar-refractivity contribution in [2.45, 2.75) is 25.3 Å². The number of nitrogens with two attached hydrogens (primary N) is 1. The van der Waals surface area contributed by atoms with Crippen molar-refractivity contribution in [3.05, 3.63) is 64.2 Å². The predicted molar refractivity (Wildman–Crippen MR) is 85.2 cm³/mol. The van der Waals surface area contributed by atoms with Gasteiger partial charge in [-0.15, -0.1) is 0 Å². The molecular weight excluding hydrogens is 284 g/mol. The first kappa shape index (κ1) is 14.0. The minimum absolute atomic E-state index is 0.0343. The van der Waals surface area contributed by atoms with E-state index in [9.17, 15) is 4.79 Å². The van der Waals surface area contributed by atoms with Crippen LogP contribution in [-0.2, 0) is 17.6 Å². The number of amides is 1. The van der Waals surface area contributed by atoms with Crippen LogP contribution in [0, 0.1) is 0 Å². The lowest BCUT2D eigenvalue weighted by atomic mass is 10.1. The van der Waals surface area contributed by atoms with Crippen LogP contribution in [0.25, 0.3) is 0 Å². The molecule has 21 heavy (non-hydrogen) atoms. The van der Waals surface area contributed by atoms with Crippen molar-refractivity contribution >= 4 is 23.2 Å². The Bertz CT molecular complexity index is 667. The fourth-order valence-corrected chi connectivity index (χ4v) is 2.95. The zero-order chi connectivity index (χ0) is 14.8. The van der Waals surface area contributed by atoms with Gasteiger partial charge >= 0.3 is 0 Å². The van der Waals surface area contributed by atoms with Crippen molar-refractivity contribution in [2.75, 3.05) is 5.73 Å². The van der Waals surface area contributed by atoms with E-state index in [0.717, 1.165) is 24.1 Å². The lowest BCUT2D eigenvalue weighted by molar-refractivity contribution is -0.121. The molecule has 1 aliphatic carbocycles. The molecule has 0 fully saturated rings. The summed E-state index contributed by atoms with van der Waals surface area (Å²) in [5.41, 5.74) is 9.97. The summed E-state index contributed by atoms with van der Waals surface area (Å²) in [6, 6.07) is 13.4. The zero-order valence-electron chi connectivity index (χ0n) is 11.6. The first-order valence-corrected chi connectivity index (χ1v) is 7.42. The molecule has 2 aromatic carbocycles. The van der Waals surface area contributed by atoms with Crippen LogP contribution in [-0.4, -0.2) is 5.91 Å². The van der Waals surface area contributed by atoms with E-state index in [1.807, 2.05) is 30.3 Å². The Kier molecular flexibility index (Phi) is 3.84. The molecule has 0 aliphatic heterocycles. The molecule has 108 valence electrons. The molecule has 3 nitrogen and oxygen atoms in total. The van der Waals surface area contributed by atoms with Gasteiger partial charge in [-0.1, -0.05) is 29.8 Å². The molecule has 2 aromatic rings. The second kappa shape index (κ2) is 5.78. The summed E-state index contributed by atoms with van der Waals surface area (Å²) in [7, 11) is 0. The molecule has 0 spiro atoms. The fourth-order valence-electron chi connectivity index (χ4n) is 2.82. The number of benzene rings is 2. The minimum Gasteiger partial charge on any atom is -0.399 e. The Morgan fingerprint density at radius 3 is 2.76 bits per heavy atom. The monoisotopic (exact) mass is 300 g/mol. The molecule has 3 N–H and O–H groups in total. The van der Waals surface area contributed by atoms with E-state index in [4.69, 9.17) is 17.3 Å². The van der Waals surface area contributed by atoms with Gasteiger partial charge in [-0.2, -0.15) is 0 Å². The maximum atomic E-state index is 12.2. The molecular formula is C17H17ClN2O. The minimum atomic E-state index is 0.0343. The molecule has 0 radical (unpaired) electrons. The van der Waals surface area contributed by atoms with Gasteiger partial charge in [0.1, 0.15) is 0 Å². The summed E-state index contributed by atoms with van der Waals surface area (Å²) in [5, 5.41) is 3.79. The third kappa shape index (κ3) is 3.19.